The van der Waals surface area contributed by atoms with Crippen LogP contribution in [0.5, 0.6) is 5.75 Å². The van der Waals surface area contributed by atoms with Gasteiger partial charge in [0, 0.05) is 18.7 Å². The summed E-state index contributed by atoms with van der Waals surface area (Å²) in [4.78, 5) is 0. The van der Waals surface area contributed by atoms with Crippen molar-refractivity contribution in [2.75, 3.05) is 13.2 Å². The van der Waals surface area contributed by atoms with E-state index in [9.17, 15) is 0 Å². The molecular weight excluding hydrogens is 238 g/mol. The molecule has 0 fully saturated rings. The minimum atomic E-state index is 0.252. The Bertz CT molecular complexity index is 394. The fraction of sp³-hybridized carbons (Fsp3) is 0.500. The summed E-state index contributed by atoms with van der Waals surface area (Å²) in [5, 5.41) is 12.3. The van der Waals surface area contributed by atoms with E-state index in [1.165, 1.54) is 5.56 Å². The number of aliphatic hydroxyl groups is 1. The van der Waals surface area contributed by atoms with Crippen molar-refractivity contribution in [3.8, 4) is 18.1 Å². The molecule has 1 aromatic carbocycles. The summed E-state index contributed by atoms with van der Waals surface area (Å²) in [7, 11) is 0. The molecule has 0 aliphatic heterocycles. The van der Waals surface area contributed by atoms with Crippen LogP contribution in [0.2, 0.25) is 0 Å². The van der Waals surface area contributed by atoms with Crippen LogP contribution in [0.3, 0.4) is 0 Å². The predicted molar refractivity (Wildman–Crippen MR) is 78.1 cm³/mol. The summed E-state index contributed by atoms with van der Waals surface area (Å²) < 4.78 is 5.34. The molecule has 2 unspecified atom stereocenters. The number of benzene rings is 1. The smallest absolute Gasteiger partial charge is 0.148 e. The Labute approximate surface area is 116 Å². The van der Waals surface area contributed by atoms with Gasteiger partial charge in [0.2, 0.25) is 0 Å². The number of terminal acetylenes is 1. The van der Waals surface area contributed by atoms with Gasteiger partial charge in [-0.05, 0) is 44.4 Å². The fourth-order valence-electron chi connectivity index (χ4n) is 1.98. The minimum absolute atomic E-state index is 0.252. The van der Waals surface area contributed by atoms with Crippen molar-refractivity contribution in [3.05, 3.63) is 29.8 Å². The normalized spacial score (nSPS) is 13.6. The molecule has 0 radical (unpaired) electrons. The zero-order chi connectivity index (χ0) is 14.1. The lowest BCUT2D eigenvalue weighted by atomic mass is 10.1. The molecule has 19 heavy (non-hydrogen) atoms. The molecule has 0 amide bonds. The average Bonchev–Trinajstić information content (AvgIpc) is 2.43. The first kappa shape index (κ1) is 15.6. The number of aliphatic hydroxyl groups excluding tert-OH is 1. The average molecular weight is 261 g/mol. The molecule has 0 aliphatic carbocycles. The first-order valence-electron chi connectivity index (χ1n) is 6.70. The van der Waals surface area contributed by atoms with Crippen LogP contribution in [-0.2, 0) is 0 Å². The maximum absolute atomic E-state index is 8.81. The Morgan fingerprint density at radius 3 is 2.58 bits per heavy atom. The Hall–Kier alpha value is -1.50. The monoisotopic (exact) mass is 261 g/mol. The summed E-state index contributed by atoms with van der Waals surface area (Å²) >= 11 is 0. The number of hydrogen-bond donors (Lipinski definition) is 2. The van der Waals surface area contributed by atoms with Gasteiger partial charge in [0.25, 0.3) is 0 Å². The van der Waals surface area contributed by atoms with E-state index >= 15 is 0 Å². The summed E-state index contributed by atoms with van der Waals surface area (Å²) in [6.45, 7) is 4.82. The Morgan fingerprint density at radius 2 is 2.00 bits per heavy atom. The van der Waals surface area contributed by atoms with E-state index < -0.39 is 0 Å². The lowest BCUT2D eigenvalue weighted by Gasteiger charge is -2.20. The Morgan fingerprint density at radius 1 is 1.32 bits per heavy atom. The Kier molecular flexibility index (Phi) is 7.02. The van der Waals surface area contributed by atoms with Gasteiger partial charge in [-0.2, -0.15) is 0 Å². The molecule has 3 nitrogen and oxygen atoms in total. The van der Waals surface area contributed by atoms with Gasteiger partial charge >= 0.3 is 0 Å². The molecule has 0 heterocycles. The highest BCUT2D eigenvalue weighted by molar-refractivity contribution is 5.29. The van der Waals surface area contributed by atoms with E-state index in [0.29, 0.717) is 12.6 Å². The molecule has 2 atom stereocenters. The highest BCUT2D eigenvalue weighted by atomic mass is 16.5. The first-order valence-corrected chi connectivity index (χ1v) is 6.70. The maximum atomic E-state index is 8.81. The van der Waals surface area contributed by atoms with Crippen molar-refractivity contribution in [3.63, 3.8) is 0 Å². The summed E-state index contributed by atoms with van der Waals surface area (Å²) in [5.74, 6) is 3.24. The van der Waals surface area contributed by atoms with E-state index in [0.717, 1.165) is 18.6 Å². The number of nitrogens with one attached hydrogen (secondary N) is 1. The van der Waals surface area contributed by atoms with Gasteiger partial charge in [0.05, 0.1) is 0 Å². The largest absolute Gasteiger partial charge is 0.481 e. The van der Waals surface area contributed by atoms with Gasteiger partial charge < -0.3 is 15.2 Å². The molecule has 0 aliphatic rings. The lowest BCUT2D eigenvalue weighted by molar-refractivity contribution is 0.274. The van der Waals surface area contributed by atoms with E-state index in [1.807, 2.05) is 24.3 Å². The van der Waals surface area contributed by atoms with E-state index in [4.69, 9.17) is 16.3 Å². The van der Waals surface area contributed by atoms with Crippen molar-refractivity contribution >= 4 is 0 Å². The number of ether oxygens (including phenoxy) is 1. The molecule has 0 bridgehead atoms. The molecule has 0 saturated heterocycles. The topological polar surface area (TPSA) is 41.5 Å². The quantitative estimate of drug-likeness (QED) is 0.707. The maximum Gasteiger partial charge on any atom is 0.148 e. The standard InChI is InChI=1S/C16H23NO2/c1-4-12-19-16-9-7-15(8-10-16)14(3)17-13(2)6-5-11-18/h1,7-10,13-14,17-18H,5-6,11-12H2,2-3H3. The fourth-order valence-corrected chi connectivity index (χ4v) is 1.98. The highest BCUT2D eigenvalue weighted by Crippen LogP contribution is 2.18. The molecule has 104 valence electrons. The summed E-state index contributed by atoms with van der Waals surface area (Å²) in [5.41, 5.74) is 1.21. The van der Waals surface area contributed by atoms with Crippen molar-refractivity contribution in [2.45, 2.75) is 38.8 Å². The molecule has 0 saturated carbocycles. The third-order valence-corrected chi connectivity index (χ3v) is 3.03. The minimum Gasteiger partial charge on any atom is -0.481 e. The first-order chi connectivity index (χ1) is 9.17. The molecule has 0 spiro atoms. The van der Waals surface area contributed by atoms with Gasteiger partial charge in [0.1, 0.15) is 12.4 Å². The predicted octanol–water partition coefficient (Wildman–Crippen LogP) is 2.51. The van der Waals surface area contributed by atoms with Crippen LogP contribution in [0.25, 0.3) is 0 Å². The lowest BCUT2D eigenvalue weighted by Crippen LogP contribution is -2.29. The van der Waals surface area contributed by atoms with Gasteiger partial charge in [0.15, 0.2) is 0 Å². The second-order valence-corrected chi connectivity index (χ2v) is 4.72. The van der Waals surface area contributed by atoms with Crippen molar-refractivity contribution in [1.29, 1.82) is 0 Å². The van der Waals surface area contributed by atoms with Crippen LogP contribution in [0.1, 0.15) is 38.3 Å². The van der Waals surface area contributed by atoms with Crippen LogP contribution in [0.15, 0.2) is 24.3 Å². The van der Waals surface area contributed by atoms with Crippen molar-refractivity contribution in [2.24, 2.45) is 0 Å². The van der Waals surface area contributed by atoms with Crippen LogP contribution >= 0.6 is 0 Å². The Balaban J connectivity index is 2.48. The molecule has 3 heteroatoms. The second kappa shape index (κ2) is 8.58. The molecule has 1 aromatic rings. The van der Waals surface area contributed by atoms with E-state index in [-0.39, 0.29) is 12.6 Å². The van der Waals surface area contributed by atoms with Crippen molar-refractivity contribution < 1.29 is 9.84 Å². The number of rotatable bonds is 8. The van der Waals surface area contributed by atoms with Crippen LogP contribution in [0.4, 0.5) is 0 Å². The van der Waals surface area contributed by atoms with Crippen LogP contribution < -0.4 is 10.1 Å². The summed E-state index contributed by atoms with van der Waals surface area (Å²) in [6, 6.07) is 8.62. The third-order valence-electron chi connectivity index (χ3n) is 3.03. The van der Waals surface area contributed by atoms with Crippen molar-refractivity contribution in [1.82, 2.24) is 5.32 Å². The zero-order valence-electron chi connectivity index (χ0n) is 11.7. The van der Waals surface area contributed by atoms with E-state index in [2.05, 4.69) is 25.1 Å². The van der Waals surface area contributed by atoms with Gasteiger partial charge in [-0.1, -0.05) is 18.1 Å². The van der Waals surface area contributed by atoms with Crippen LogP contribution in [0, 0.1) is 12.3 Å². The second-order valence-electron chi connectivity index (χ2n) is 4.72. The summed E-state index contributed by atoms with van der Waals surface area (Å²) in [6.07, 6.45) is 6.96. The molecule has 1 rings (SSSR count). The highest BCUT2D eigenvalue weighted by Gasteiger charge is 2.09. The SMILES string of the molecule is C#CCOc1ccc(C(C)NC(C)CCCO)cc1. The van der Waals surface area contributed by atoms with E-state index in [1.54, 1.807) is 0 Å². The van der Waals surface area contributed by atoms with Gasteiger partial charge in [-0.3, -0.25) is 0 Å². The molecular formula is C16H23NO2. The van der Waals surface area contributed by atoms with Gasteiger partial charge in [-0.15, -0.1) is 6.42 Å². The molecule has 2 N–H and O–H groups in total. The third kappa shape index (κ3) is 5.78. The zero-order valence-corrected chi connectivity index (χ0v) is 11.7. The van der Waals surface area contributed by atoms with Gasteiger partial charge in [-0.25, -0.2) is 0 Å². The molecule has 0 aromatic heterocycles. The van der Waals surface area contributed by atoms with Crippen LogP contribution in [-0.4, -0.2) is 24.4 Å². The number of hydrogen-bond acceptors (Lipinski definition) is 3.